The molecule has 11 heteroatoms. The molecule has 182 valence electrons. The molecule has 1 amide bonds. The first kappa shape index (κ1) is 24.0. The van der Waals surface area contributed by atoms with Gasteiger partial charge >= 0.3 is 0 Å². The zero-order valence-electron chi connectivity index (χ0n) is 19.7. The van der Waals surface area contributed by atoms with Crippen molar-refractivity contribution in [2.45, 2.75) is 46.3 Å². The average Bonchev–Trinajstić information content (AvgIpc) is 3.47. The van der Waals surface area contributed by atoms with Gasteiger partial charge < -0.3 is 14.6 Å². The summed E-state index contributed by atoms with van der Waals surface area (Å²) in [5.74, 6) is -0.0821. The molecule has 0 aliphatic carbocycles. The quantitative estimate of drug-likeness (QED) is 0.377. The van der Waals surface area contributed by atoms with E-state index in [2.05, 4.69) is 25.4 Å². The highest BCUT2D eigenvalue weighted by Gasteiger charge is 2.24. The first-order valence-electron chi connectivity index (χ1n) is 11.0. The van der Waals surface area contributed by atoms with Gasteiger partial charge in [-0.25, -0.2) is 23.4 Å². The molecule has 0 spiro atoms. The number of aromatic nitrogens is 6. The van der Waals surface area contributed by atoms with Gasteiger partial charge in [-0.2, -0.15) is 5.10 Å². The third-order valence-corrected chi connectivity index (χ3v) is 5.00. The molecule has 0 aliphatic heterocycles. The number of halogens is 2. The predicted octanol–water partition coefficient (Wildman–Crippen LogP) is 5.08. The summed E-state index contributed by atoms with van der Waals surface area (Å²) in [5, 5.41) is 6.53. The van der Waals surface area contributed by atoms with Crippen molar-refractivity contribution < 1.29 is 18.3 Å². The lowest BCUT2D eigenvalue weighted by molar-refractivity contribution is 0.101. The fourth-order valence-corrected chi connectivity index (χ4v) is 3.47. The molecule has 4 aromatic rings. The minimum Gasteiger partial charge on any atom is -0.489 e. The summed E-state index contributed by atoms with van der Waals surface area (Å²) < 4.78 is 36.2. The molecule has 4 aromatic heterocycles. The van der Waals surface area contributed by atoms with Gasteiger partial charge in [0.05, 0.1) is 53.7 Å². The average molecular weight is 482 g/mol. The summed E-state index contributed by atoms with van der Waals surface area (Å²) in [7, 11) is 0. The van der Waals surface area contributed by atoms with Crippen LogP contribution >= 0.6 is 0 Å². The Labute approximate surface area is 200 Å². The van der Waals surface area contributed by atoms with Crippen molar-refractivity contribution >= 4 is 11.7 Å². The van der Waals surface area contributed by atoms with Crippen LogP contribution in [0.15, 0.2) is 55.4 Å². The molecular formula is C24H25F2N7O2. The van der Waals surface area contributed by atoms with E-state index in [1.54, 1.807) is 36.8 Å². The van der Waals surface area contributed by atoms with Crippen molar-refractivity contribution in [1.29, 1.82) is 0 Å². The van der Waals surface area contributed by atoms with Crippen LogP contribution in [0.3, 0.4) is 0 Å². The molecule has 0 atom stereocenters. The summed E-state index contributed by atoms with van der Waals surface area (Å²) in [4.78, 5) is 25.7. The molecule has 0 saturated heterocycles. The normalized spacial score (nSPS) is 11.5. The molecule has 9 nitrogen and oxygen atoms in total. The van der Waals surface area contributed by atoms with Crippen LogP contribution in [0.25, 0.3) is 17.1 Å². The van der Waals surface area contributed by atoms with Crippen molar-refractivity contribution in [2.75, 3.05) is 5.32 Å². The highest BCUT2D eigenvalue weighted by molar-refractivity contribution is 6.04. The number of alkyl halides is 2. The van der Waals surface area contributed by atoms with E-state index in [1.165, 1.54) is 23.3 Å². The van der Waals surface area contributed by atoms with E-state index in [0.29, 0.717) is 17.1 Å². The number of carbonyl (C=O) groups excluding carboxylic acids is 1. The zero-order chi connectivity index (χ0) is 25.1. The standard InChI is InChI=1S/C24H25F2N7O2/c1-14(2)32-13-28-11-20(32)19-6-5-7-21(29-19)30-24(34)18-12-33(31-22(18)23(25)26)16-8-17(10-27-9-16)35-15(3)4/h5-15,23H,1-4H3,(H,29,30,34). The fraction of sp³-hybridized carbons (Fsp3) is 0.292. The van der Waals surface area contributed by atoms with Crippen molar-refractivity contribution in [2.24, 2.45) is 0 Å². The van der Waals surface area contributed by atoms with Crippen molar-refractivity contribution in [3.63, 3.8) is 0 Å². The van der Waals surface area contributed by atoms with Gasteiger partial charge in [0, 0.05) is 18.3 Å². The van der Waals surface area contributed by atoms with E-state index < -0.39 is 18.0 Å². The Kier molecular flexibility index (Phi) is 6.85. The minimum absolute atomic E-state index is 0.0925. The third-order valence-electron chi connectivity index (χ3n) is 5.00. The van der Waals surface area contributed by atoms with Gasteiger partial charge in [0.1, 0.15) is 17.3 Å². The smallest absolute Gasteiger partial charge is 0.282 e. The summed E-state index contributed by atoms with van der Waals surface area (Å²) in [6.07, 6.45) is 4.53. The van der Waals surface area contributed by atoms with Crippen LogP contribution in [0.4, 0.5) is 14.6 Å². The lowest BCUT2D eigenvalue weighted by Gasteiger charge is -2.12. The van der Waals surface area contributed by atoms with Crippen LogP contribution in [0.1, 0.15) is 56.2 Å². The van der Waals surface area contributed by atoms with E-state index in [-0.39, 0.29) is 23.5 Å². The Morgan fingerprint density at radius 3 is 2.60 bits per heavy atom. The number of pyridine rings is 2. The van der Waals surface area contributed by atoms with Gasteiger partial charge in [-0.15, -0.1) is 0 Å². The van der Waals surface area contributed by atoms with E-state index in [1.807, 2.05) is 32.3 Å². The van der Waals surface area contributed by atoms with Crippen LogP contribution < -0.4 is 10.1 Å². The van der Waals surface area contributed by atoms with Crippen LogP contribution in [-0.2, 0) is 0 Å². The Balaban J connectivity index is 1.62. The van der Waals surface area contributed by atoms with Crippen LogP contribution in [0.5, 0.6) is 5.75 Å². The summed E-state index contributed by atoms with van der Waals surface area (Å²) in [6, 6.07) is 6.86. The summed E-state index contributed by atoms with van der Waals surface area (Å²) in [6.45, 7) is 7.75. The Hall–Kier alpha value is -4.15. The third kappa shape index (κ3) is 5.34. The second kappa shape index (κ2) is 10.00. The van der Waals surface area contributed by atoms with Crippen LogP contribution in [0, 0.1) is 0 Å². The van der Waals surface area contributed by atoms with Gasteiger partial charge in [0.15, 0.2) is 0 Å². The Morgan fingerprint density at radius 1 is 1.09 bits per heavy atom. The molecule has 0 radical (unpaired) electrons. The number of carbonyl (C=O) groups is 1. The number of ether oxygens (including phenoxy) is 1. The van der Waals surface area contributed by atoms with Gasteiger partial charge in [-0.3, -0.25) is 9.78 Å². The number of anilines is 1. The molecule has 4 rings (SSSR count). The van der Waals surface area contributed by atoms with Crippen molar-refractivity contribution in [3.8, 4) is 22.8 Å². The topological polar surface area (TPSA) is 99.8 Å². The maximum atomic E-state index is 13.8. The maximum Gasteiger partial charge on any atom is 0.282 e. The van der Waals surface area contributed by atoms with Crippen LogP contribution in [-0.4, -0.2) is 41.3 Å². The molecule has 1 N–H and O–H groups in total. The van der Waals surface area contributed by atoms with Gasteiger partial charge in [-0.1, -0.05) is 6.07 Å². The van der Waals surface area contributed by atoms with Crippen LogP contribution in [0.2, 0.25) is 0 Å². The van der Waals surface area contributed by atoms with Crippen molar-refractivity contribution in [3.05, 3.63) is 66.6 Å². The largest absolute Gasteiger partial charge is 0.489 e. The monoisotopic (exact) mass is 481 g/mol. The minimum atomic E-state index is -2.96. The van der Waals surface area contributed by atoms with Gasteiger partial charge in [0.2, 0.25) is 0 Å². The number of hydrogen-bond acceptors (Lipinski definition) is 6. The molecule has 0 fully saturated rings. The number of imidazole rings is 1. The summed E-state index contributed by atoms with van der Waals surface area (Å²) in [5.41, 5.74) is 0.826. The molecule has 0 aliphatic rings. The molecule has 35 heavy (non-hydrogen) atoms. The Morgan fingerprint density at radius 2 is 1.89 bits per heavy atom. The fourth-order valence-electron chi connectivity index (χ4n) is 3.47. The SMILES string of the molecule is CC(C)Oc1cncc(-n2cc(C(=O)Nc3cccc(-c4cncn4C(C)C)n3)c(C(F)F)n2)c1. The molecule has 0 bridgehead atoms. The van der Waals surface area contributed by atoms with Gasteiger partial charge in [0.25, 0.3) is 12.3 Å². The van der Waals surface area contributed by atoms with E-state index in [9.17, 15) is 13.6 Å². The Bertz CT molecular complexity index is 1330. The number of nitrogens with one attached hydrogen (secondary N) is 1. The van der Waals surface area contributed by atoms with E-state index in [4.69, 9.17) is 4.74 Å². The lowest BCUT2D eigenvalue weighted by atomic mass is 10.2. The summed E-state index contributed by atoms with van der Waals surface area (Å²) >= 11 is 0. The molecule has 0 saturated carbocycles. The maximum absolute atomic E-state index is 13.8. The number of rotatable bonds is 8. The molecular weight excluding hydrogens is 456 g/mol. The number of hydrogen-bond donors (Lipinski definition) is 1. The predicted molar refractivity (Wildman–Crippen MR) is 126 cm³/mol. The first-order chi connectivity index (χ1) is 16.7. The highest BCUT2D eigenvalue weighted by Crippen LogP contribution is 2.26. The molecule has 0 unspecified atom stereocenters. The number of nitrogens with zero attached hydrogens (tertiary/aromatic N) is 6. The zero-order valence-corrected chi connectivity index (χ0v) is 19.7. The lowest BCUT2D eigenvalue weighted by Crippen LogP contribution is -2.14. The first-order valence-corrected chi connectivity index (χ1v) is 11.0. The second-order valence-electron chi connectivity index (χ2n) is 8.36. The number of amides is 1. The van der Waals surface area contributed by atoms with Crippen molar-refractivity contribution in [1.82, 2.24) is 29.3 Å². The van der Waals surface area contributed by atoms with Gasteiger partial charge in [-0.05, 0) is 39.8 Å². The molecule has 0 aromatic carbocycles. The van der Waals surface area contributed by atoms with E-state index >= 15 is 0 Å². The van der Waals surface area contributed by atoms with E-state index in [0.717, 1.165) is 5.69 Å². The highest BCUT2D eigenvalue weighted by atomic mass is 19.3. The molecule has 4 heterocycles. The second-order valence-corrected chi connectivity index (χ2v) is 8.36.